The Labute approximate surface area is 119 Å². The second-order valence-electron chi connectivity index (χ2n) is 5.00. The van der Waals surface area contributed by atoms with Crippen molar-refractivity contribution in [1.82, 2.24) is 4.72 Å². The quantitative estimate of drug-likeness (QED) is 0.809. The molecule has 0 radical (unpaired) electrons. The average Bonchev–Trinajstić information content (AvgIpc) is 2.31. The first-order valence-electron chi connectivity index (χ1n) is 6.41. The normalized spacial score (nSPS) is 16.9. The minimum atomic E-state index is -3.80. The van der Waals surface area contributed by atoms with Crippen LogP contribution in [0.5, 0.6) is 0 Å². The predicted octanol–water partition coefficient (Wildman–Crippen LogP) is 0.802. The summed E-state index contributed by atoms with van der Waals surface area (Å²) in [6.07, 6.45) is 4.41. The molecule has 1 aromatic carbocycles. The van der Waals surface area contributed by atoms with Crippen molar-refractivity contribution in [3.05, 3.63) is 24.3 Å². The molecule has 0 amide bonds. The van der Waals surface area contributed by atoms with E-state index < -0.39 is 20.0 Å². The molecule has 0 saturated heterocycles. The van der Waals surface area contributed by atoms with Crippen LogP contribution in [0.1, 0.15) is 25.7 Å². The monoisotopic (exact) mass is 318 g/mol. The van der Waals surface area contributed by atoms with Crippen LogP contribution in [-0.4, -0.2) is 23.4 Å². The Hall–Kier alpha value is -0.960. The fourth-order valence-electron chi connectivity index (χ4n) is 2.07. The van der Waals surface area contributed by atoms with Gasteiger partial charge >= 0.3 is 0 Å². The molecule has 1 aromatic rings. The van der Waals surface area contributed by atoms with Gasteiger partial charge in [-0.2, -0.15) is 0 Å². The molecule has 20 heavy (non-hydrogen) atoms. The van der Waals surface area contributed by atoms with E-state index in [-0.39, 0.29) is 9.79 Å². The lowest BCUT2D eigenvalue weighted by atomic mass is 9.83. The molecule has 0 spiro atoms. The van der Waals surface area contributed by atoms with Gasteiger partial charge in [-0.15, -0.1) is 0 Å². The lowest BCUT2D eigenvalue weighted by molar-refractivity contribution is 0.297. The Morgan fingerprint density at radius 2 is 1.60 bits per heavy atom. The van der Waals surface area contributed by atoms with E-state index in [0.29, 0.717) is 12.5 Å². The minimum Gasteiger partial charge on any atom is -0.225 e. The zero-order valence-electron chi connectivity index (χ0n) is 10.9. The van der Waals surface area contributed by atoms with Crippen LogP contribution in [0.3, 0.4) is 0 Å². The van der Waals surface area contributed by atoms with E-state index in [1.165, 1.54) is 43.5 Å². The summed E-state index contributed by atoms with van der Waals surface area (Å²) in [5.74, 6) is 0.627. The van der Waals surface area contributed by atoms with Crippen LogP contribution in [0.25, 0.3) is 0 Å². The summed E-state index contributed by atoms with van der Waals surface area (Å²) < 4.78 is 48.7. The molecule has 0 atom stereocenters. The molecule has 1 saturated carbocycles. The predicted molar refractivity (Wildman–Crippen MR) is 75.0 cm³/mol. The fourth-order valence-corrected chi connectivity index (χ4v) is 3.63. The first kappa shape index (κ1) is 15.4. The first-order valence-corrected chi connectivity index (χ1v) is 9.44. The fraction of sp³-hybridized carbons (Fsp3) is 0.500. The van der Waals surface area contributed by atoms with E-state index in [0.717, 1.165) is 6.42 Å². The van der Waals surface area contributed by atoms with Crippen molar-refractivity contribution in [2.75, 3.05) is 6.54 Å². The lowest BCUT2D eigenvalue weighted by Crippen LogP contribution is -2.27. The van der Waals surface area contributed by atoms with Crippen molar-refractivity contribution in [2.45, 2.75) is 35.5 Å². The van der Waals surface area contributed by atoms with Crippen LogP contribution in [-0.2, 0) is 20.0 Å². The van der Waals surface area contributed by atoms with E-state index in [2.05, 4.69) is 4.72 Å². The zero-order chi connectivity index (χ0) is 14.8. The highest BCUT2D eigenvalue weighted by molar-refractivity contribution is 7.89. The van der Waals surface area contributed by atoms with Gasteiger partial charge < -0.3 is 0 Å². The van der Waals surface area contributed by atoms with Gasteiger partial charge in [-0.05, 0) is 36.6 Å². The summed E-state index contributed by atoms with van der Waals surface area (Å²) in [6, 6.07) is 4.86. The summed E-state index contributed by atoms with van der Waals surface area (Å²) in [5, 5.41) is 4.96. The van der Waals surface area contributed by atoms with Gasteiger partial charge in [0.1, 0.15) is 0 Å². The molecule has 0 heterocycles. The van der Waals surface area contributed by atoms with Gasteiger partial charge in [-0.3, -0.25) is 0 Å². The number of rotatable bonds is 6. The third kappa shape index (κ3) is 3.78. The summed E-state index contributed by atoms with van der Waals surface area (Å²) in [6.45, 7) is 0.407. The van der Waals surface area contributed by atoms with Crippen molar-refractivity contribution in [1.29, 1.82) is 0 Å². The smallest absolute Gasteiger partial charge is 0.225 e. The highest BCUT2D eigenvalue weighted by Crippen LogP contribution is 2.28. The van der Waals surface area contributed by atoms with Crippen molar-refractivity contribution >= 4 is 20.0 Å². The molecule has 112 valence electrons. The third-order valence-corrected chi connectivity index (χ3v) is 5.94. The molecule has 1 fully saturated rings. The van der Waals surface area contributed by atoms with E-state index in [1.54, 1.807) is 0 Å². The number of benzene rings is 1. The van der Waals surface area contributed by atoms with Crippen LogP contribution in [0, 0.1) is 5.92 Å². The Balaban J connectivity index is 2.01. The van der Waals surface area contributed by atoms with Crippen LogP contribution >= 0.6 is 0 Å². The van der Waals surface area contributed by atoms with Crippen molar-refractivity contribution in [3.63, 3.8) is 0 Å². The number of hydrogen-bond donors (Lipinski definition) is 2. The lowest BCUT2D eigenvalue weighted by Gasteiger charge is -2.25. The van der Waals surface area contributed by atoms with Crippen molar-refractivity contribution < 1.29 is 16.8 Å². The Morgan fingerprint density at radius 1 is 1.05 bits per heavy atom. The highest BCUT2D eigenvalue weighted by atomic mass is 32.2. The minimum absolute atomic E-state index is 0.0403. The Bertz CT molecular complexity index is 662. The standard InChI is InChI=1S/C12H18N2O4S2/c13-19(15,16)11-4-6-12(7-5-11)20(17,18)14-9-8-10-2-1-3-10/h4-7,10,14H,1-3,8-9H2,(H2,13,15,16). The molecular formula is C12H18N2O4S2. The maximum atomic E-state index is 12.0. The van der Waals surface area contributed by atoms with Gasteiger partial charge in [-0.25, -0.2) is 26.7 Å². The van der Waals surface area contributed by atoms with Crippen LogP contribution in [0.15, 0.2) is 34.1 Å². The third-order valence-electron chi connectivity index (χ3n) is 3.53. The van der Waals surface area contributed by atoms with E-state index >= 15 is 0 Å². The van der Waals surface area contributed by atoms with Gasteiger partial charge in [0.2, 0.25) is 20.0 Å². The summed E-state index contributed by atoms with van der Waals surface area (Å²) in [4.78, 5) is -0.0653. The van der Waals surface area contributed by atoms with E-state index in [9.17, 15) is 16.8 Å². The number of nitrogens with two attached hydrogens (primary N) is 1. The zero-order valence-corrected chi connectivity index (χ0v) is 12.6. The van der Waals surface area contributed by atoms with E-state index in [1.807, 2.05) is 0 Å². The van der Waals surface area contributed by atoms with Gasteiger partial charge in [0, 0.05) is 6.54 Å². The van der Waals surface area contributed by atoms with Gasteiger partial charge in [0.25, 0.3) is 0 Å². The summed E-state index contributed by atoms with van der Waals surface area (Å²) in [5.41, 5.74) is 0. The molecule has 1 aliphatic rings. The first-order chi connectivity index (χ1) is 9.29. The topological polar surface area (TPSA) is 106 Å². The Morgan fingerprint density at radius 3 is 2.05 bits per heavy atom. The SMILES string of the molecule is NS(=O)(=O)c1ccc(S(=O)(=O)NCCC2CCC2)cc1. The molecule has 0 aromatic heterocycles. The van der Waals surface area contributed by atoms with Gasteiger partial charge in [0.15, 0.2) is 0 Å². The maximum absolute atomic E-state index is 12.0. The molecule has 8 heteroatoms. The van der Waals surface area contributed by atoms with Crippen LogP contribution < -0.4 is 9.86 Å². The summed E-state index contributed by atoms with van der Waals surface area (Å²) >= 11 is 0. The molecule has 3 N–H and O–H groups in total. The molecular weight excluding hydrogens is 300 g/mol. The summed E-state index contributed by atoms with van der Waals surface area (Å²) in [7, 11) is -7.39. The van der Waals surface area contributed by atoms with Crippen molar-refractivity contribution in [2.24, 2.45) is 11.1 Å². The van der Waals surface area contributed by atoms with Gasteiger partial charge in [-0.1, -0.05) is 19.3 Å². The van der Waals surface area contributed by atoms with Crippen molar-refractivity contribution in [3.8, 4) is 0 Å². The second-order valence-corrected chi connectivity index (χ2v) is 8.33. The maximum Gasteiger partial charge on any atom is 0.240 e. The van der Waals surface area contributed by atoms with Crippen LogP contribution in [0.2, 0.25) is 0 Å². The van der Waals surface area contributed by atoms with E-state index in [4.69, 9.17) is 5.14 Å². The number of nitrogens with one attached hydrogen (secondary N) is 1. The van der Waals surface area contributed by atoms with Crippen LogP contribution in [0.4, 0.5) is 0 Å². The highest BCUT2D eigenvalue weighted by Gasteiger charge is 2.19. The molecule has 0 unspecified atom stereocenters. The average molecular weight is 318 g/mol. The molecule has 6 nitrogen and oxygen atoms in total. The Kier molecular flexibility index (Phi) is 4.48. The number of hydrogen-bond acceptors (Lipinski definition) is 4. The molecule has 1 aliphatic carbocycles. The molecule has 0 aliphatic heterocycles. The number of sulfonamides is 2. The van der Waals surface area contributed by atoms with Gasteiger partial charge in [0.05, 0.1) is 9.79 Å². The largest absolute Gasteiger partial charge is 0.240 e. The molecule has 0 bridgehead atoms. The molecule has 2 rings (SSSR count). The second kappa shape index (κ2) is 5.80. The number of primary sulfonamides is 1.